The van der Waals surface area contributed by atoms with E-state index >= 15 is 0 Å². The number of benzene rings is 2. The Hall–Kier alpha value is -2.20. The maximum absolute atomic E-state index is 8.44. The van der Waals surface area contributed by atoms with Crippen LogP contribution in [0.3, 0.4) is 0 Å². The van der Waals surface area contributed by atoms with Gasteiger partial charge in [-0.3, -0.25) is 5.73 Å². The summed E-state index contributed by atoms with van der Waals surface area (Å²) >= 11 is 5.86. The lowest BCUT2D eigenvalue weighted by atomic mass is 10.0. The van der Waals surface area contributed by atoms with Crippen molar-refractivity contribution in [2.45, 2.75) is 0 Å². The van der Waals surface area contributed by atoms with Crippen LogP contribution >= 0.6 is 11.6 Å². The minimum absolute atomic E-state index is 0.0420. The molecule has 2 aromatic carbocycles. The number of rotatable bonds is 4. The van der Waals surface area contributed by atoms with Crippen molar-refractivity contribution in [3.63, 3.8) is 0 Å². The molecule has 0 aliphatic heterocycles. The third kappa shape index (κ3) is 3.17. The van der Waals surface area contributed by atoms with Crippen molar-refractivity contribution in [2.24, 2.45) is 10.8 Å². The largest absolute Gasteiger partial charge is 0.478 e. The summed E-state index contributed by atoms with van der Waals surface area (Å²) in [5.74, 6) is 0.565. The fourth-order valence-electron chi connectivity index (χ4n) is 1.70. The number of hydrogen-bond acceptors (Lipinski definition) is 3. The number of ether oxygens (including phenoxy) is 1. The van der Waals surface area contributed by atoms with E-state index < -0.39 is 0 Å². The topological polar surface area (TPSA) is 84.0 Å². The Balaban J connectivity index is 2.49. The Kier molecular flexibility index (Phi) is 4.26. The van der Waals surface area contributed by atoms with E-state index in [1.165, 1.54) is 0 Å². The normalized spacial score (nSPS) is 9.79. The minimum Gasteiger partial charge on any atom is -0.478 e. The lowest BCUT2D eigenvalue weighted by Crippen LogP contribution is -2.07. The first kappa shape index (κ1) is 13.2. The monoisotopic (exact) mass is 274 g/mol. The molecule has 0 saturated heterocycles. The predicted octanol–water partition coefficient (Wildman–Crippen LogP) is 4.24. The van der Waals surface area contributed by atoms with Crippen molar-refractivity contribution in [1.29, 1.82) is 0 Å². The van der Waals surface area contributed by atoms with Crippen molar-refractivity contribution in [3.8, 4) is 16.9 Å². The summed E-state index contributed by atoms with van der Waals surface area (Å²) in [6.07, 6.45) is 0. The second kappa shape index (κ2) is 6.11. The van der Waals surface area contributed by atoms with E-state index in [1.807, 2.05) is 18.2 Å². The van der Waals surface area contributed by atoms with E-state index in [1.54, 1.807) is 24.3 Å². The van der Waals surface area contributed by atoms with E-state index in [0.29, 0.717) is 16.5 Å². The van der Waals surface area contributed by atoms with Crippen LogP contribution in [-0.4, -0.2) is 6.73 Å². The molecular weight excluding hydrogens is 264 g/mol. The lowest BCUT2D eigenvalue weighted by molar-refractivity contribution is 0.331. The average Bonchev–Trinajstić information content (AvgIpc) is 2.41. The molecule has 0 aliphatic carbocycles. The smallest absolute Gasteiger partial charge is 0.137 e. The fourth-order valence-corrected chi connectivity index (χ4v) is 1.83. The van der Waals surface area contributed by atoms with Crippen LogP contribution < -0.4 is 10.5 Å². The number of nitrogens with two attached hydrogens (primary N) is 1. The van der Waals surface area contributed by atoms with Crippen molar-refractivity contribution in [3.05, 3.63) is 57.9 Å². The van der Waals surface area contributed by atoms with Gasteiger partial charge in [-0.05, 0) is 29.3 Å². The van der Waals surface area contributed by atoms with Crippen LogP contribution in [0.15, 0.2) is 47.6 Å². The highest BCUT2D eigenvalue weighted by atomic mass is 35.5. The van der Waals surface area contributed by atoms with Gasteiger partial charge >= 0.3 is 0 Å². The summed E-state index contributed by atoms with van der Waals surface area (Å²) in [5.41, 5.74) is 16.1. The van der Waals surface area contributed by atoms with E-state index in [0.717, 1.165) is 11.1 Å². The summed E-state index contributed by atoms with van der Waals surface area (Å²) < 4.78 is 5.37. The lowest BCUT2D eigenvalue weighted by Gasteiger charge is -2.11. The molecule has 0 unspecified atom stereocenters. The standard InChI is InChI=1S/C13H11ClN4O/c14-10-3-1-9(2-4-10)12-6-5-11(17-18-16)7-13(12)19-8-15/h1-7H,8,15H2. The minimum atomic E-state index is 0.0420. The molecule has 0 spiro atoms. The Morgan fingerprint density at radius 3 is 2.58 bits per heavy atom. The molecule has 96 valence electrons. The molecule has 0 radical (unpaired) electrons. The summed E-state index contributed by atoms with van der Waals surface area (Å²) in [5, 5.41) is 4.20. The molecule has 2 rings (SSSR count). The second-order valence-corrected chi connectivity index (χ2v) is 4.12. The number of halogens is 1. The van der Waals surface area contributed by atoms with E-state index in [4.69, 9.17) is 27.6 Å². The van der Waals surface area contributed by atoms with Gasteiger partial charge in [0.05, 0.1) is 0 Å². The van der Waals surface area contributed by atoms with E-state index in [2.05, 4.69) is 10.0 Å². The van der Waals surface area contributed by atoms with Crippen LogP contribution in [0.4, 0.5) is 5.69 Å². The van der Waals surface area contributed by atoms with Gasteiger partial charge < -0.3 is 4.74 Å². The third-order valence-corrected chi connectivity index (χ3v) is 2.77. The molecule has 19 heavy (non-hydrogen) atoms. The predicted molar refractivity (Wildman–Crippen MR) is 75.4 cm³/mol. The molecular formula is C13H11ClN4O. The molecule has 0 heterocycles. The fraction of sp³-hybridized carbons (Fsp3) is 0.0769. The van der Waals surface area contributed by atoms with Crippen LogP contribution in [0.25, 0.3) is 21.6 Å². The highest BCUT2D eigenvalue weighted by Crippen LogP contribution is 2.34. The Bertz CT molecular complexity index is 621. The van der Waals surface area contributed by atoms with Crippen molar-refractivity contribution in [1.82, 2.24) is 0 Å². The van der Waals surface area contributed by atoms with Gasteiger partial charge in [0.25, 0.3) is 0 Å². The van der Waals surface area contributed by atoms with Crippen LogP contribution in [0, 0.1) is 0 Å². The molecule has 0 saturated carbocycles. The Labute approximate surface area is 115 Å². The van der Waals surface area contributed by atoms with Gasteiger partial charge in [0.2, 0.25) is 0 Å². The first-order valence-corrected chi connectivity index (χ1v) is 5.90. The Morgan fingerprint density at radius 1 is 1.21 bits per heavy atom. The van der Waals surface area contributed by atoms with Gasteiger partial charge in [-0.25, -0.2) is 0 Å². The van der Waals surface area contributed by atoms with Crippen LogP contribution in [0.2, 0.25) is 5.02 Å². The van der Waals surface area contributed by atoms with Crippen LogP contribution in [0.1, 0.15) is 0 Å². The van der Waals surface area contributed by atoms with Gasteiger partial charge in [0.15, 0.2) is 0 Å². The average molecular weight is 275 g/mol. The van der Waals surface area contributed by atoms with Crippen LogP contribution in [-0.2, 0) is 0 Å². The van der Waals surface area contributed by atoms with Gasteiger partial charge in [0.1, 0.15) is 12.5 Å². The molecule has 0 bridgehead atoms. The highest BCUT2D eigenvalue weighted by Gasteiger charge is 2.07. The third-order valence-electron chi connectivity index (χ3n) is 2.52. The molecule has 0 aliphatic rings. The zero-order valence-corrected chi connectivity index (χ0v) is 10.7. The van der Waals surface area contributed by atoms with Gasteiger partial charge in [0, 0.05) is 21.2 Å². The molecule has 5 nitrogen and oxygen atoms in total. The maximum atomic E-state index is 8.44. The summed E-state index contributed by atoms with van der Waals surface area (Å²) in [6, 6.07) is 12.5. The van der Waals surface area contributed by atoms with E-state index in [-0.39, 0.29) is 6.73 Å². The van der Waals surface area contributed by atoms with Crippen molar-refractivity contribution in [2.75, 3.05) is 6.73 Å². The molecule has 2 aromatic rings. The Morgan fingerprint density at radius 2 is 1.95 bits per heavy atom. The summed E-state index contributed by atoms with van der Waals surface area (Å²) in [7, 11) is 0. The number of hydrogen-bond donors (Lipinski definition) is 1. The van der Waals surface area contributed by atoms with Crippen molar-refractivity contribution < 1.29 is 4.74 Å². The number of nitrogens with zero attached hydrogens (tertiary/aromatic N) is 3. The van der Waals surface area contributed by atoms with Crippen molar-refractivity contribution >= 4 is 17.3 Å². The zero-order valence-electron chi connectivity index (χ0n) is 9.95. The summed E-state index contributed by atoms with van der Waals surface area (Å²) in [4.78, 5) is 2.74. The molecule has 0 fully saturated rings. The molecule has 0 aromatic heterocycles. The summed E-state index contributed by atoms with van der Waals surface area (Å²) in [6.45, 7) is 0.0420. The molecule has 2 N–H and O–H groups in total. The molecule has 6 heteroatoms. The first-order valence-electron chi connectivity index (χ1n) is 5.52. The van der Waals surface area contributed by atoms with Gasteiger partial charge in [-0.2, -0.15) is 0 Å². The van der Waals surface area contributed by atoms with E-state index in [9.17, 15) is 0 Å². The maximum Gasteiger partial charge on any atom is 0.137 e. The van der Waals surface area contributed by atoms with Gasteiger partial charge in [-0.15, -0.1) is 0 Å². The van der Waals surface area contributed by atoms with Crippen LogP contribution in [0.5, 0.6) is 5.75 Å². The highest BCUT2D eigenvalue weighted by molar-refractivity contribution is 6.30. The molecule has 0 atom stereocenters. The van der Waals surface area contributed by atoms with Gasteiger partial charge in [-0.1, -0.05) is 41.0 Å². The first-order chi connectivity index (χ1) is 9.24. The second-order valence-electron chi connectivity index (χ2n) is 3.69. The quantitative estimate of drug-likeness (QED) is 0.391. The molecule has 0 amide bonds. The zero-order chi connectivity index (χ0) is 13.7. The SMILES string of the molecule is [N-]=[N+]=Nc1ccc(-c2ccc(Cl)cc2)c(OCN)c1. The number of azide groups is 1.